The first kappa shape index (κ1) is 13.3. The van der Waals surface area contributed by atoms with Crippen LogP contribution in [0.2, 0.25) is 0 Å². The van der Waals surface area contributed by atoms with Crippen LogP contribution in [-0.4, -0.2) is 28.9 Å². The van der Waals surface area contributed by atoms with E-state index in [9.17, 15) is 0 Å². The Hall–Kier alpha value is -1.65. The van der Waals surface area contributed by atoms with E-state index in [1.807, 2.05) is 0 Å². The minimum Gasteiger partial charge on any atom is -0.382 e. The lowest BCUT2D eigenvalue weighted by atomic mass is 9.68. The molecule has 1 spiro atoms. The molecule has 3 N–H and O–H groups in total. The van der Waals surface area contributed by atoms with Gasteiger partial charge in [-0.25, -0.2) is 9.97 Å². The summed E-state index contributed by atoms with van der Waals surface area (Å²) in [6, 6.07) is 0. The van der Waals surface area contributed by atoms with Gasteiger partial charge in [0.15, 0.2) is 5.82 Å². The second-order valence-electron chi connectivity index (χ2n) is 6.19. The predicted octanol–water partition coefficient (Wildman–Crippen LogP) is 2.31. The molecule has 0 atom stereocenters. The number of piperidine rings is 1. The highest BCUT2D eigenvalue weighted by Gasteiger charge is 2.36. The fraction of sp³-hybridized carbons (Fsp3) is 0.667. The number of nitrogens with one attached hydrogen (secondary N) is 1. The summed E-state index contributed by atoms with van der Waals surface area (Å²) in [4.78, 5) is 10.9. The molecule has 1 saturated carbocycles. The van der Waals surface area contributed by atoms with Crippen LogP contribution in [0.1, 0.15) is 50.6 Å². The van der Waals surface area contributed by atoms with Gasteiger partial charge in [0, 0.05) is 25.5 Å². The second-order valence-corrected chi connectivity index (χ2v) is 6.19. The molecular formula is C15H23N5. The van der Waals surface area contributed by atoms with Crippen LogP contribution in [0.3, 0.4) is 0 Å². The van der Waals surface area contributed by atoms with Gasteiger partial charge in [0.2, 0.25) is 0 Å². The number of nitrogen functional groups attached to an aromatic ring is 1. The van der Waals surface area contributed by atoms with Crippen LogP contribution in [0.5, 0.6) is 0 Å². The van der Waals surface area contributed by atoms with Gasteiger partial charge in [-0.3, -0.25) is 5.41 Å². The van der Waals surface area contributed by atoms with Crippen molar-refractivity contribution in [1.29, 1.82) is 5.41 Å². The van der Waals surface area contributed by atoms with E-state index in [1.54, 1.807) is 12.4 Å². The molecule has 20 heavy (non-hydrogen) atoms. The molecule has 0 radical (unpaired) electrons. The van der Waals surface area contributed by atoms with Crippen molar-refractivity contribution in [3.63, 3.8) is 0 Å². The number of hydrogen-bond donors (Lipinski definition) is 2. The zero-order valence-electron chi connectivity index (χ0n) is 11.9. The summed E-state index contributed by atoms with van der Waals surface area (Å²) >= 11 is 0. The Balaban J connectivity index is 1.73. The van der Waals surface area contributed by atoms with Crippen molar-refractivity contribution < 1.29 is 0 Å². The molecule has 0 amide bonds. The van der Waals surface area contributed by atoms with Crippen LogP contribution in [-0.2, 0) is 0 Å². The van der Waals surface area contributed by atoms with Gasteiger partial charge in [-0.1, -0.05) is 19.3 Å². The summed E-state index contributed by atoms with van der Waals surface area (Å²) in [6.07, 6.45) is 12.7. The fourth-order valence-electron chi connectivity index (χ4n) is 3.75. The van der Waals surface area contributed by atoms with Crippen molar-refractivity contribution in [2.75, 3.05) is 18.0 Å². The standard InChI is InChI=1S/C15H23N5/c16-13(17)12-14(19-9-8-18-12)20-10-6-15(7-11-20)4-2-1-3-5-15/h8-9H,1-7,10-11H2,(H3,16,17). The lowest BCUT2D eigenvalue weighted by molar-refractivity contribution is 0.144. The molecular weight excluding hydrogens is 250 g/mol. The Kier molecular flexibility index (Phi) is 3.59. The van der Waals surface area contributed by atoms with E-state index in [-0.39, 0.29) is 5.84 Å². The Morgan fingerprint density at radius 3 is 2.35 bits per heavy atom. The molecule has 5 heteroatoms. The molecule has 0 bridgehead atoms. The van der Waals surface area contributed by atoms with E-state index in [2.05, 4.69) is 14.9 Å². The minimum absolute atomic E-state index is 0.00560. The minimum atomic E-state index is 0.00560. The summed E-state index contributed by atoms with van der Waals surface area (Å²) in [6.45, 7) is 2.03. The first-order valence-corrected chi connectivity index (χ1v) is 7.61. The summed E-state index contributed by atoms with van der Waals surface area (Å²) in [5, 5.41) is 7.63. The average molecular weight is 273 g/mol. The summed E-state index contributed by atoms with van der Waals surface area (Å²) in [5.74, 6) is 0.789. The van der Waals surface area contributed by atoms with E-state index >= 15 is 0 Å². The largest absolute Gasteiger partial charge is 0.382 e. The molecule has 108 valence electrons. The van der Waals surface area contributed by atoms with Crippen molar-refractivity contribution in [3.8, 4) is 0 Å². The second kappa shape index (κ2) is 5.38. The van der Waals surface area contributed by atoms with Crippen molar-refractivity contribution in [2.24, 2.45) is 11.1 Å². The normalized spacial score (nSPS) is 21.9. The number of rotatable bonds is 2. The highest BCUT2D eigenvalue weighted by Crippen LogP contribution is 2.45. The monoisotopic (exact) mass is 273 g/mol. The van der Waals surface area contributed by atoms with Crippen LogP contribution < -0.4 is 10.6 Å². The molecule has 5 nitrogen and oxygen atoms in total. The SMILES string of the molecule is N=C(N)c1nccnc1N1CCC2(CCCCC2)CC1. The van der Waals surface area contributed by atoms with Crippen LogP contribution in [0.25, 0.3) is 0 Å². The van der Waals surface area contributed by atoms with Gasteiger partial charge in [0.1, 0.15) is 11.5 Å². The maximum Gasteiger partial charge on any atom is 0.158 e. The predicted molar refractivity (Wildman–Crippen MR) is 80.0 cm³/mol. The molecule has 1 aliphatic heterocycles. The molecule has 3 rings (SSSR count). The van der Waals surface area contributed by atoms with E-state index in [1.165, 1.54) is 44.9 Å². The van der Waals surface area contributed by atoms with E-state index in [0.29, 0.717) is 11.1 Å². The summed E-state index contributed by atoms with van der Waals surface area (Å²) in [7, 11) is 0. The first-order chi connectivity index (χ1) is 9.70. The zero-order chi connectivity index (χ0) is 14.0. The number of nitrogens with zero attached hydrogens (tertiary/aromatic N) is 3. The molecule has 0 aromatic carbocycles. The van der Waals surface area contributed by atoms with Crippen LogP contribution in [0.4, 0.5) is 5.82 Å². The highest BCUT2D eigenvalue weighted by atomic mass is 15.2. The van der Waals surface area contributed by atoms with E-state index in [0.717, 1.165) is 18.9 Å². The smallest absolute Gasteiger partial charge is 0.158 e. The van der Waals surface area contributed by atoms with Gasteiger partial charge >= 0.3 is 0 Å². The topological polar surface area (TPSA) is 78.9 Å². The molecule has 1 aromatic rings. The van der Waals surface area contributed by atoms with Gasteiger partial charge in [-0.2, -0.15) is 0 Å². The average Bonchev–Trinajstić information content (AvgIpc) is 2.49. The number of hydrogen-bond acceptors (Lipinski definition) is 4. The van der Waals surface area contributed by atoms with Crippen molar-refractivity contribution in [1.82, 2.24) is 9.97 Å². The van der Waals surface area contributed by atoms with Crippen LogP contribution >= 0.6 is 0 Å². The van der Waals surface area contributed by atoms with Gasteiger partial charge in [-0.05, 0) is 31.1 Å². The first-order valence-electron chi connectivity index (χ1n) is 7.61. The molecule has 2 aliphatic rings. The van der Waals surface area contributed by atoms with E-state index in [4.69, 9.17) is 11.1 Å². The number of nitrogens with two attached hydrogens (primary N) is 1. The van der Waals surface area contributed by atoms with E-state index < -0.39 is 0 Å². The molecule has 1 saturated heterocycles. The number of amidine groups is 1. The number of aromatic nitrogens is 2. The highest BCUT2D eigenvalue weighted by molar-refractivity contribution is 5.97. The zero-order valence-corrected chi connectivity index (χ0v) is 11.9. The molecule has 1 aliphatic carbocycles. The lowest BCUT2D eigenvalue weighted by Crippen LogP contribution is -2.42. The summed E-state index contributed by atoms with van der Waals surface area (Å²) < 4.78 is 0. The molecule has 2 fully saturated rings. The van der Waals surface area contributed by atoms with Gasteiger partial charge < -0.3 is 10.6 Å². The quantitative estimate of drug-likeness (QED) is 0.640. The molecule has 0 unspecified atom stereocenters. The third-order valence-corrected chi connectivity index (χ3v) is 4.97. The van der Waals surface area contributed by atoms with Gasteiger partial charge in [0.05, 0.1) is 0 Å². The van der Waals surface area contributed by atoms with Crippen molar-refractivity contribution in [2.45, 2.75) is 44.9 Å². The fourth-order valence-corrected chi connectivity index (χ4v) is 3.75. The maximum atomic E-state index is 7.63. The summed E-state index contributed by atoms with van der Waals surface area (Å²) in [5.41, 5.74) is 6.71. The Morgan fingerprint density at radius 2 is 1.70 bits per heavy atom. The van der Waals surface area contributed by atoms with Gasteiger partial charge in [-0.15, -0.1) is 0 Å². The third-order valence-electron chi connectivity index (χ3n) is 4.97. The Morgan fingerprint density at radius 1 is 1.05 bits per heavy atom. The van der Waals surface area contributed by atoms with Crippen LogP contribution in [0, 0.1) is 10.8 Å². The number of anilines is 1. The third kappa shape index (κ3) is 2.49. The van der Waals surface area contributed by atoms with Crippen molar-refractivity contribution >= 4 is 11.7 Å². The molecule has 1 aromatic heterocycles. The Bertz CT molecular complexity index is 483. The Labute approximate surface area is 120 Å². The van der Waals surface area contributed by atoms with Crippen LogP contribution in [0.15, 0.2) is 12.4 Å². The maximum absolute atomic E-state index is 7.63. The van der Waals surface area contributed by atoms with Gasteiger partial charge in [0.25, 0.3) is 0 Å². The van der Waals surface area contributed by atoms with Crippen molar-refractivity contribution in [3.05, 3.63) is 18.1 Å². The lowest BCUT2D eigenvalue weighted by Gasteiger charge is -2.44. The molecule has 2 heterocycles.